The summed E-state index contributed by atoms with van der Waals surface area (Å²) in [6.45, 7) is 10.0. The van der Waals surface area contributed by atoms with Gasteiger partial charge in [-0.15, -0.1) is 0 Å². The third kappa shape index (κ3) is 7.40. The zero-order valence-electron chi connectivity index (χ0n) is 15.9. The smallest absolute Gasteiger partial charge is 0.191 e. The van der Waals surface area contributed by atoms with Crippen LogP contribution in [0.1, 0.15) is 26.0 Å². The Morgan fingerprint density at radius 1 is 1.28 bits per heavy atom. The summed E-state index contributed by atoms with van der Waals surface area (Å²) in [5, 5.41) is 6.88. The molecule has 6 nitrogen and oxygen atoms in total. The molecule has 1 atom stereocenters. The van der Waals surface area contributed by atoms with Crippen LogP contribution in [0.25, 0.3) is 0 Å². The van der Waals surface area contributed by atoms with E-state index in [1.807, 2.05) is 25.4 Å². The third-order valence-electron chi connectivity index (χ3n) is 4.43. The molecule has 1 aliphatic rings. The highest BCUT2D eigenvalue weighted by Gasteiger charge is 2.22. The molecule has 0 aromatic carbocycles. The molecule has 0 bridgehead atoms. The van der Waals surface area contributed by atoms with Crippen LogP contribution < -0.4 is 10.6 Å². The lowest BCUT2D eigenvalue weighted by atomic mass is 10.0. The first kappa shape index (κ1) is 19.7. The highest BCUT2D eigenvalue weighted by atomic mass is 16.5. The largest absolute Gasteiger partial charge is 0.379 e. The summed E-state index contributed by atoms with van der Waals surface area (Å²) in [7, 11) is 1.82. The van der Waals surface area contributed by atoms with Gasteiger partial charge in [-0.1, -0.05) is 19.9 Å². The van der Waals surface area contributed by atoms with Crippen molar-refractivity contribution in [2.75, 3.05) is 46.4 Å². The van der Waals surface area contributed by atoms with Gasteiger partial charge < -0.3 is 15.4 Å². The molecule has 1 aromatic rings. The number of hydrogen-bond donors (Lipinski definition) is 2. The van der Waals surface area contributed by atoms with Crippen molar-refractivity contribution in [2.45, 2.75) is 32.7 Å². The van der Waals surface area contributed by atoms with Gasteiger partial charge in [-0.05, 0) is 24.5 Å². The molecule has 2 rings (SSSR count). The standard InChI is InChI=1S/C19H33N5O/c1-16(2)14-18(24-10-12-25-13-11-24)15-23-19(20-3)22-9-7-17-6-4-5-8-21-17/h4-6,8,16,18H,7,9-15H2,1-3H3,(H2,20,22,23). The van der Waals surface area contributed by atoms with Crippen molar-refractivity contribution in [3.05, 3.63) is 30.1 Å². The molecule has 1 aliphatic heterocycles. The minimum atomic E-state index is 0.512. The van der Waals surface area contributed by atoms with Gasteiger partial charge >= 0.3 is 0 Å². The Hall–Kier alpha value is -1.66. The van der Waals surface area contributed by atoms with Gasteiger partial charge in [0.2, 0.25) is 0 Å². The minimum absolute atomic E-state index is 0.512. The van der Waals surface area contributed by atoms with Gasteiger partial charge in [0.1, 0.15) is 0 Å². The van der Waals surface area contributed by atoms with E-state index in [1.165, 1.54) is 6.42 Å². The minimum Gasteiger partial charge on any atom is -0.379 e. The highest BCUT2D eigenvalue weighted by molar-refractivity contribution is 5.79. The molecule has 1 fully saturated rings. The number of rotatable bonds is 8. The van der Waals surface area contributed by atoms with Gasteiger partial charge in [0, 0.05) is 57.6 Å². The van der Waals surface area contributed by atoms with Crippen molar-refractivity contribution < 1.29 is 4.74 Å². The van der Waals surface area contributed by atoms with Gasteiger partial charge in [-0.2, -0.15) is 0 Å². The summed E-state index contributed by atoms with van der Waals surface area (Å²) in [5.41, 5.74) is 1.09. The fraction of sp³-hybridized carbons (Fsp3) is 0.684. The van der Waals surface area contributed by atoms with E-state index < -0.39 is 0 Å². The maximum atomic E-state index is 5.49. The molecule has 25 heavy (non-hydrogen) atoms. The first-order chi connectivity index (χ1) is 12.2. The first-order valence-corrected chi connectivity index (χ1v) is 9.35. The van der Waals surface area contributed by atoms with Crippen molar-refractivity contribution >= 4 is 5.96 Å². The summed E-state index contributed by atoms with van der Waals surface area (Å²) in [4.78, 5) is 11.2. The molecule has 2 heterocycles. The summed E-state index contributed by atoms with van der Waals surface area (Å²) in [6, 6.07) is 6.53. The Morgan fingerprint density at radius 2 is 2.08 bits per heavy atom. The van der Waals surface area contributed by atoms with Crippen LogP contribution in [0.2, 0.25) is 0 Å². The maximum absolute atomic E-state index is 5.49. The van der Waals surface area contributed by atoms with Crippen LogP contribution in [0.4, 0.5) is 0 Å². The van der Waals surface area contributed by atoms with Crippen LogP contribution in [0, 0.1) is 5.92 Å². The van der Waals surface area contributed by atoms with Gasteiger partial charge in [0.15, 0.2) is 5.96 Å². The summed E-state index contributed by atoms with van der Waals surface area (Å²) >= 11 is 0. The summed E-state index contributed by atoms with van der Waals surface area (Å²) < 4.78 is 5.49. The Kier molecular flexibility index (Phi) is 8.69. The lowest BCUT2D eigenvalue weighted by Gasteiger charge is -2.35. The predicted octanol–water partition coefficient (Wildman–Crippen LogP) is 1.54. The van der Waals surface area contributed by atoms with Crippen molar-refractivity contribution in [1.29, 1.82) is 0 Å². The molecule has 0 amide bonds. The van der Waals surface area contributed by atoms with E-state index in [1.54, 1.807) is 0 Å². The van der Waals surface area contributed by atoms with Gasteiger partial charge in [-0.3, -0.25) is 14.9 Å². The van der Waals surface area contributed by atoms with Crippen molar-refractivity contribution in [2.24, 2.45) is 10.9 Å². The van der Waals surface area contributed by atoms with Crippen LogP contribution in [-0.4, -0.2) is 68.3 Å². The maximum Gasteiger partial charge on any atom is 0.191 e. The van der Waals surface area contributed by atoms with Gasteiger partial charge in [-0.25, -0.2) is 0 Å². The van der Waals surface area contributed by atoms with E-state index in [4.69, 9.17) is 4.74 Å². The number of nitrogens with zero attached hydrogens (tertiary/aromatic N) is 3. The topological polar surface area (TPSA) is 61.8 Å². The van der Waals surface area contributed by atoms with E-state index in [9.17, 15) is 0 Å². The van der Waals surface area contributed by atoms with E-state index in [0.717, 1.165) is 57.5 Å². The number of pyridine rings is 1. The normalized spacial score (nSPS) is 17.5. The number of guanidine groups is 1. The lowest BCUT2D eigenvalue weighted by Crippen LogP contribution is -2.51. The van der Waals surface area contributed by atoms with Crippen molar-refractivity contribution in [3.8, 4) is 0 Å². The van der Waals surface area contributed by atoms with Gasteiger partial charge in [0.05, 0.1) is 13.2 Å². The van der Waals surface area contributed by atoms with Gasteiger partial charge in [0.25, 0.3) is 0 Å². The molecular formula is C19H33N5O. The van der Waals surface area contributed by atoms with Crippen molar-refractivity contribution in [1.82, 2.24) is 20.5 Å². The number of aromatic nitrogens is 1. The number of nitrogens with one attached hydrogen (secondary N) is 2. The average Bonchev–Trinajstić information content (AvgIpc) is 2.64. The second kappa shape index (κ2) is 11.1. The zero-order chi connectivity index (χ0) is 17.9. The average molecular weight is 348 g/mol. The monoisotopic (exact) mass is 347 g/mol. The molecular weight excluding hydrogens is 314 g/mol. The summed E-state index contributed by atoms with van der Waals surface area (Å²) in [6.07, 6.45) is 3.90. The molecule has 0 aliphatic carbocycles. The molecule has 6 heteroatoms. The lowest BCUT2D eigenvalue weighted by molar-refractivity contribution is 0.0132. The number of ether oxygens (including phenoxy) is 1. The molecule has 2 N–H and O–H groups in total. The van der Waals surface area contributed by atoms with Crippen LogP contribution in [-0.2, 0) is 11.2 Å². The second-order valence-corrected chi connectivity index (χ2v) is 6.88. The first-order valence-electron chi connectivity index (χ1n) is 9.35. The Morgan fingerprint density at radius 3 is 2.72 bits per heavy atom. The molecule has 1 unspecified atom stereocenters. The van der Waals surface area contributed by atoms with Crippen LogP contribution in [0.15, 0.2) is 29.4 Å². The molecule has 1 aromatic heterocycles. The molecule has 140 valence electrons. The number of morpholine rings is 1. The SMILES string of the molecule is CN=C(NCCc1ccccn1)NCC(CC(C)C)N1CCOCC1. The quantitative estimate of drug-likeness (QED) is 0.552. The third-order valence-corrected chi connectivity index (χ3v) is 4.43. The predicted molar refractivity (Wildman–Crippen MR) is 103 cm³/mol. The Labute approximate surface area is 152 Å². The van der Waals surface area contributed by atoms with E-state index in [0.29, 0.717) is 12.0 Å². The number of hydrogen-bond acceptors (Lipinski definition) is 4. The molecule has 1 saturated heterocycles. The Balaban J connectivity index is 1.77. The Bertz CT molecular complexity index is 500. The highest BCUT2D eigenvalue weighted by Crippen LogP contribution is 2.12. The van der Waals surface area contributed by atoms with E-state index >= 15 is 0 Å². The molecule has 0 spiro atoms. The second-order valence-electron chi connectivity index (χ2n) is 6.88. The fourth-order valence-electron chi connectivity index (χ4n) is 3.14. The van der Waals surface area contributed by atoms with Crippen LogP contribution >= 0.6 is 0 Å². The van der Waals surface area contributed by atoms with Crippen LogP contribution in [0.5, 0.6) is 0 Å². The van der Waals surface area contributed by atoms with Crippen LogP contribution in [0.3, 0.4) is 0 Å². The molecule has 0 saturated carbocycles. The van der Waals surface area contributed by atoms with E-state index in [-0.39, 0.29) is 0 Å². The fourth-order valence-corrected chi connectivity index (χ4v) is 3.14. The summed E-state index contributed by atoms with van der Waals surface area (Å²) in [5.74, 6) is 1.53. The molecule has 0 radical (unpaired) electrons. The number of aliphatic imine (C=N–C) groups is 1. The van der Waals surface area contributed by atoms with Crippen molar-refractivity contribution in [3.63, 3.8) is 0 Å². The van der Waals surface area contributed by atoms with E-state index in [2.05, 4.69) is 45.4 Å². The zero-order valence-corrected chi connectivity index (χ0v) is 15.9.